The third kappa shape index (κ3) is 2.39. The average Bonchev–Trinajstić information content (AvgIpc) is 2.26. The van der Waals surface area contributed by atoms with Gasteiger partial charge in [0.25, 0.3) is 10.9 Å². The van der Waals surface area contributed by atoms with Gasteiger partial charge in [0.2, 0.25) is 0 Å². The number of nitro benzene ring substituents is 1. The van der Waals surface area contributed by atoms with Crippen molar-refractivity contribution in [3.8, 4) is 0 Å². The van der Waals surface area contributed by atoms with Crippen LogP contribution in [0.4, 0.5) is 5.69 Å². The van der Waals surface area contributed by atoms with Crippen molar-refractivity contribution in [1.82, 2.24) is 0 Å². The number of nitrogens with zero attached hydrogens (tertiary/aromatic N) is 1. The van der Waals surface area contributed by atoms with Gasteiger partial charge in [-0.1, -0.05) is 13.8 Å². The summed E-state index contributed by atoms with van der Waals surface area (Å²) >= 11 is 5.49. The molecule has 0 atom stereocenters. The van der Waals surface area contributed by atoms with Gasteiger partial charge in [-0.25, -0.2) is 0 Å². The van der Waals surface area contributed by atoms with Crippen molar-refractivity contribution < 1.29 is 9.72 Å². The van der Waals surface area contributed by atoms with E-state index in [-0.39, 0.29) is 5.69 Å². The lowest BCUT2D eigenvalue weighted by molar-refractivity contribution is -0.385. The molecule has 0 radical (unpaired) electrons. The van der Waals surface area contributed by atoms with E-state index in [1.54, 1.807) is 0 Å². The number of halogens is 1. The van der Waals surface area contributed by atoms with Crippen molar-refractivity contribution in [3.05, 3.63) is 38.9 Å². The minimum Gasteiger partial charge on any atom is -0.276 e. The molecule has 0 N–H and O–H groups in total. The second kappa shape index (κ2) is 5.07. The smallest absolute Gasteiger partial charge is 0.270 e. The molecule has 1 aromatic rings. The Morgan fingerprint density at radius 1 is 1.31 bits per heavy atom. The van der Waals surface area contributed by atoms with Gasteiger partial charge in [0, 0.05) is 17.7 Å². The first-order chi connectivity index (χ1) is 7.51. The zero-order valence-corrected chi connectivity index (χ0v) is 9.87. The standard InChI is InChI=1S/C11H12ClNO3/c1-3-7-5-9(13(15)16)6-8(4-2)10(7)11(12)14/h5-6H,3-4H2,1-2H3. The van der Waals surface area contributed by atoms with Crippen molar-refractivity contribution in [2.24, 2.45) is 0 Å². The molecule has 0 aliphatic rings. The van der Waals surface area contributed by atoms with E-state index >= 15 is 0 Å². The van der Waals surface area contributed by atoms with Crippen LogP contribution in [0.5, 0.6) is 0 Å². The summed E-state index contributed by atoms with van der Waals surface area (Å²) in [7, 11) is 0. The number of non-ortho nitro benzene ring substituents is 1. The van der Waals surface area contributed by atoms with Crippen LogP contribution in [0.25, 0.3) is 0 Å². The fourth-order valence-electron chi connectivity index (χ4n) is 1.66. The second-order valence-corrected chi connectivity index (χ2v) is 3.72. The highest BCUT2D eigenvalue weighted by atomic mass is 35.5. The van der Waals surface area contributed by atoms with Gasteiger partial charge in [-0.15, -0.1) is 0 Å². The van der Waals surface area contributed by atoms with Crippen molar-refractivity contribution in [2.45, 2.75) is 26.7 Å². The van der Waals surface area contributed by atoms with Crippen molar-refractivity contribution >= 4 is 22.5 Å². The molecule has 4 nitrogen and oxygen atoms in total. The van der Waals surface area contributed by atoms with Crippen molar-refractivity contribution in [2.75, 3.05) is 0 Å². The molecule has 0 unspecified atom stereocenters. The van der Waals surface area contributed by atoms with Crippen molar-refractivity contribution in [3.63, 3.8) is 0 Å². The fourth-order valence-corrected chi connectivity index (χ4v) is 1.91. The maximum Gasteiger partial charge on any atom is 0.270 e. The van der Waals surface area contributed by atoms with E-state index in [9.17, 15) is 14.9 Å². The Bertz CT molecular complexity index is 418. The van der Waals surface area contributed by atoms with Crippen LogP contribution in [0.2, 0.25) is 0 Å². The topological polar surface area (TPSA) is 60.2 Å². The molecule has 0 aliphatic heterocycles. The van der Waals surface area contributed by atoms with Gasteiger partial charge < -0.3 is 0 Å². The summed E-state index contributed by atoms with van der Waals surface area (Å²) in [6.07, 6.45) is 1.09. The Kier molecular flexibility index (Phi) is 4.01. The van der Waals surface area contributed by atoms with E-state index in [0.717, 1.165) is 0 Å². The molecule has 86 valence electrons. The molecule has 1 aromatic carbocycles. The minimum atomic E-state index is -0.552. The maximum absolute atomic E-state index is 11.3. The SMILES string of the molecule is CCc1cc([N+](=O)[O-])cc(CC)c1C(=O)Cl. The van der Waals surface area contributed by atoms with E-state index in [4.69, 9.17) is 11.6 Å². The summed E-state index contributed by atoms with van der Waals surface area (Å²) in [6, 6.07) is 2.82. The maximum atomic E-state index is 11.3. The molecule has 0 heterocycles. The molecular weight excluding hydrogens is 230 g/mol. The van der Waals surface area contributed by atoms with E-state index in [2.05, 4.69) is 0 Å². The van der Waals surface area contributed by atoms with Gasteiger partial charge in [-0.05, 0) is 35.6 Å². The summed E-state index contributed by atoms with van der Waals surface area (Å²) < 4.78 is 0. The zero-order chi connectivity index (χ0) is 12.3. The number of rotatable bonds is 4. The predicted octanol–water partition coefficient (Wildman–Crippen LogP) is 3.10. The molecule has 0 aliphatic carbocycles. The molecular formula is C11H12ClNO3. The lowest BCUT2D eigenvalue weighted by Gasteiger charge is -2.08. The van der Waals surface area contributed by atoms with E-state index in [1.807, 2.05) is 13.8 Å². The first-order valence-electron chi connectivity index (χ1n) is 5.01. The van der Waals surface area contributed by atoms with Crippen LogP contribution in [-0.4, -0.2) is 10.2 Å². The molecule has 0 spiro atoms. The van der Waals surface area contributed by atoms with Crippen LogP contribution in [-0.2, 0) is 12.8 Å². The van der Waals surface area contributed by atoms with E-state index in [0.29, 0.717) is 29.5 Å². The Balaban J connectivity index is 3.49. The van der Waals surface area contributed by atoms with Crippen molar-refractivity contribution in [1.29, 1.82) is 0 Å². The summed E-state index contributed by atoms with van der Waals surface area (Å²) in [5.74, 6) is 0. The number of aryl methyl sites for hydroxylation is 2. The number of carbonyl (C=O) groups excluding carboxylic acids is 1. The van der Waals surface area contributed by atoms with E-state index in [1.165, 1.54) is 12.1 Å². The van der Waals surface area contributed by atoms with Gasteiger partial charge in [0.15, 0.2) is 0 Å². The molecule has 5 heteroatoms. The Labute approximate surface area is 98.4 Å². The van der Waals surface area contributed by atoms with Crippen LogP contribution in [0, 0.1) is 10.1 Å². The summed E-state index contributed by atoms with van der Waals surface area (Å²) in [5, 5.41) is 10.2. The largest absolute Gasteiger partial charge is 0.276 e. The first-order valence-corrected chi connectivity index (χ1v) is 5.39. The quantitative estimate of drug-likeness (QED) is 0.462. The van der Waals surface area contributed by atoms with Crippen LogP contribution < -0.4 is 0 Å². The summed E-state index contributed by atoms with van der Waals surface area (Å²) in [6.45, 7) is 3.67. The van der Waals surface area contributed by atoms with Crippen LogP contribution in [0.3, 0.4) is 0 Å². The first kappa shape index (κ1) is 12.6. The predicted molar refractivity (Wildman–Crippen MR) is 62.0 cm³/mol. The normalized spacial score (nSPS) is 10.2. The Morgan fingerprint density at radius 2 is 1.75 bits per heavy atom. The molecule has 0 fully saturated rings. The second-order valence-electron chi connectivity index (χ2n) is 3.38. The van der Waals surface area contributed by atoms with Gasteiger partial charge in [-0.2, -0.15) is 0 Å². The summed E-state index contributed by atoms with van der Waals surface area (Å²) in [4.78, 5) is 21.5. The molecule has 0 amide bonds. The number of carbonyl (C=O) groups is 1. The monoisotopic (exact) mass is 241 g/mol. The lowest BCUT2D eigenvalue weighted by atomic mass is 9.97. The van der Waals surface area contributed by atoms with Gasteiger partial charge in [-0.3, -0.25) is 14.9 Å². The lowest BCUT2D eigenvalue weighted by Crippen LogP contribution is -2.04. The Hall–Kier alpha value is -1.42. The van der Waals surface area contributed by atoms with Gasteiger partial charge in [0.1, 0.15) is 0 Å². The molecule has 0 aromatic heterocycles. The number of hydrogen-bond acceptors (Lipinski definition) is 3. The molecule has 0 bridgehead atoms. The van der Waals surface area contributed by atoms with Crippen LogP contribution in [0.1, 0.15) is 35.3 Å². The Morgan fingerprint density at radius 3 is 2.00 bits per heavy atom. The fraction of sp³-hybridized carbons (Fsp3) is 0.364. The zero-order valence-electron chi connectivity index (χ0n) is 9.12. The molecule has 0 saturated carbocycles. The van der Waals surface area contributed by atoms with Gasteiger partial charge in [0.05, 0.1) is 4.92 Å². The highest BCUT2D eigenvalue weighted by Gasteiger charge is 2.18. The van der Waals surface area contributed by atoms with E-state index < -0.39 is 10.2 Å². The minimum absolute atomic E-state index is 0.00960. The third-order valence-corrected chi connectivity index (χ3v) is 2.64. The number of benzene rings is 1. The van der Waals surface area contributed by atoms with Crippen LogP contribution in [0.15, 0.2) is 12.1 Å². The van der Waals surface area contributed by atoms with Gasteiger partial charge >= 0.3 is 0 Å². The highest BCUT2D eigenvalue weighted by Crippen LogP contribution is 2.25. The third-order valence-electron chi connectivity index (χ3n) is 2.46. The molecule has 0 saturated heterocycles. The summed E-state index contributed by atoms with van der Waals surface area (Å²) in [5.41, 5.74) is 1.68. The average molecular weight is 242 g/mol. The number of nitro groups is 1. The van der Waals surface area contributed by atoms with Crippen LogP contribution >= 0.6 is 11.6 Å². The molecule has 16 heavy (non-hydrogen) atoms. The molecule has 1 rings (SSSR count). The number of hydrogen-bond donors (Lipinski definition) is 0. The highest BCUT2D eigenvalue weighted by molar-refractivity contribution is 6.68.